The smallest absolute Gasteiger partial charge is 0.261 e. The Morgan fingerprint density at radius 2 is 2.11 bits per heavy atom. The maximum absolute atomic E-state index is 12.1. The van der Waals surface area contributed by atoms with Crippen LogP contribution in [0, 0.1) is 5.92 Å². The number of fused-ring (bicyclic) bond motifs is 1. The van der Waals surface area contributed by atoms with Crippen molar-refractivity contribution in [3.8, 4) is 0 Å². The predicted molar refractivity (Wildman–Crippen MR) is 75.0 cm³/mol. The van der Waals surface area contributed by atoms with Gasteiger partial charge in [-0.25, -0.2) is 8.42 Å². The standard InChI is InChI=1S/C13H16ClNO3S/c1-9(2)7-13(16)15-6-5-10-8-11(19(14,17)18)3-4-12(10)15/h3-4,8-9H,5-7H2,1-2H3. The SMILES string of the molecule is CC(C)CC(=O)N1CCc2cc(S(=O)(=O)Cl)ccc21. The van der Waals surface area contributed by atoms with Crippen molar-refractivity contribution < 1.29 is 13.2 Å². The van der Waals surface area contributed by atoms with Crippen molar-refractivity contribution in [2.24, 2.45) is 5.92 Å². The van der Waals surface area contributed by atoms with E-state index in [9.17, 15) is 13.2 Å². The first kappa shape index (κ1) is 14.3. The number of halogens is 1. The molecule has 1 aliphatic rings. The molecule has 0 aliphatic carbocycles. The molecule has 1 aliphatic heterocycles. The van der Waals surface area contributed by atoms with Gasteiger partial charge in [0.1, 0.15) is 0 Å². The minimum absolute atomic E-state index is 0.0789. The van der Waals surface area contributed by atoms with Crippen molar-refractivity contribution in [2.75, 3.05) is 11.4 Å². The first-order valence-corrected chi connectivity index (χ1v) is 8.48. The number of nitrogens with zero attached hydrogens (tertiary/aromatic N) is 1. The van der Waals surface area contributed by atoms with E-state index in [1.807, 2.05) is 13.8 Å². The van der Waals surface area contributed by atoms with E-state index in [2.05, 4.69) is 0 Å². The van der Waals surface area contributed by atoms with Crippen LogP contribution in [0.2, 0.25) is 0 Å². The van der Waals surface area contributed by atoms with Gasteiger partial charge in [-0.1, -0.05) is 13.8 Å². The van der Waals surface area contributed by atoms with Gasteiger partial charge in [-0.05, 0) is 36.1 Å². The molecule has 19 heavy (non-hydrogen) atoms. The average Bonchev–Trinajstić information content (AvgIpc) is 2.69. The topological polar surface area (TPSA) is 54.5 Å². The molecule has 6 heteroatoms. The predicted octanol–water partition coefficient (Wildman–Crippen LogP) is 2.55. The summed E-state index contributed by atoms with van der Waals surface area (Å²) in [7, 11) is 1.61. The molecule has 104 valence electrons. The molecule has 1 aromatic rings. The van der Waals surface area contributed by atoms with E-state index in [-0.39, 0.29) is 10.8 Å². The molecular weight excluding hydrogens is 286 g/mol. The van der Waals surface area contributed by atoms with Crippen molar-refractivity contribution in [2.45, 2.75) is 31.6 Å². The van der Waals surface area contributed by atoms with Crippen LogP contribution in [0.1, 0.15) is 25.8 Å². The quantitative estimate of drug-likeness (QED) is 0.806. The van der Waals surface area contributed by atoms with Crippen LogP contribution in [0.4, 0.5) is 5.69 Å². The minimum Gasteiger partial charge on any atom is -0.312 e. The first-order valence-electron chi connectivity index (χ1n) is 6.17. The maximum Gasteiger partial charge on any atom is 0.261 e. The lowest BCUT2D eigenvalue weighted by Gasteiger charge is -2.18. The fraction of sp³-hybridized carbons (Fsp3) is 0.462. The van der Waals surface area contributed by atoms with Gasteiger partial charge >= 0.3 is 0 Å². The molecule has 0 spiro atoms. The van der Waals surface area contributed by atoms with Crippen LogP contribution in [0.25, 0.3) is 0 Å². The van der Waals surface area contributed by atoms with Crippen LogP contribution in [0.5, 0.6) is 0 Å². The Morgan fingerprint density at radius 3 is 2.68 bits per heavy atom. The molecule has 4 nitrogen and oxygen atoms in total. The van der Waals surface area contributed by atoms with Gasteiger partial charge in [-0.2, -0.15) is 0 Å². The molecule has 1 heterocycles. The van der Waals surface area contributed by atoms with E-state index in [4.69, 9.17) is 10.7 Å². The zero-order chi connectivity index (χ0) is 14.2. The molecule has 0 unspecified atom stereocenters. The second kappa shape index (κ2) is 5.13. The van der Waals surface area contributed by atoms with Crippen molar-refractivity contribution >= 4 is 31.3 Å². The lowest BCUT2D eigenvalue weighted by atomic mass is 10.1. The Balaban J connectivity index is 2.30. The largest absolute Gasteiger partial charge is 0.312 e. The van der Waals surface area contributed by atoms with Crippen molar-refractivity contribution in [1.82, 2.24) is 0 Å². The fourth-order valence-corrected chi connectivity index (χ4v) is 3.05. The summed E-state index contributed by atoms with van der Waals surface area (Å²) in [6.45, 7) is 4.60. The van der Waals surface area contributed by atoms with Gasteiger partial charge in [0, 0.05) is 29.3 Å². The summed E-state index contributed by atoms with van der Waals surface area (Å²) in [5, 5.41) is 0. The summed E-state index contributed by atoms with van der Waals surface area (Å²) >= 11 is 0. The monoisotopic (exact) mass is 301 g/mol. The molecule has 0 N–H and O–H groups in total. The molecule has 1 amide bonds. The molecule has 1 aromatic carbocycles. The summed E-state index contributed by atoms with van der Waals surface area (Å²) in [6.07, 6.45) is 1.16. The van der Waals surface area contributed by atoms with E-state index in [0.29, 0.717) is 25.3 Å². The highest BCUT2D eigenvalue weighted by molar-refractivity contribution is 8.13. The minimum atomic E-state index is -3.71. The zero-order valence-electron chi connectivity index (χ0n) is 10.9. The number of hydrogen-bond donors (Lipinski definition) is 0. The molecular formula is C13H16ClNO3S. The number of rotatable bonds is 3. The molecule has 0 saturated heterocycles. The highest BCUT2D eigenvalue weighted by atomic mass is 35.7. The third-order valence-corrected chi connectivity index (χ3v) is 4.46. The third kappa shape index (κ3) is 3.09. The van der Waals surface area contributed by atoms with Gasteiger partial charge in [-0.3, -0.25) is 4.79 Å². The number of benzene rings is 1. The van der Waals surface area contributed by atoms with E-state index < -0.39 is 9.05 Å². The Kier molecular flexibility index (Phi) is 3.87. The van der Waals surface area contributed by atoms with Crippen LogP contribution >= 0.6 is 10.7 Å². The van der Waals surface area contributed by atoms with Crippen LogP contribution in [0.3, 0.4) is 0 Å². The number of carbonyl (C=O) groups is 1. The summed E-state index contributed by atoms with van der Waals surface area (Å²) in [6, 6.07) is 4.66. The van der Waals surface area contributed by atoms with E-state index >= 15 is 0 Å². The van der Waals surface area contributed by atoms with E-state index in [1.54, 1.807) is 17.0 Å². The molecule has 0 aromatic heterocycles. The molecule has 0 atom stereocenters. The number of amides is 1. The highest BCUT2D eigenvalue weighted by Crippen LogP contribution is 2.31. The van der Waals surface area contributed by atoms with Crippen molar-refractivity contribution in [3.05, 3.63) is 23.8 Å². The maximum atomic E-state index is 12.1. The molecule has 0 saturated carbocycles. The van der Waals surface area contributed by atoms with E-state index in [1.165, 1.54) is 6.07 Å². The van der Waals surface area contributed by atoms with Crippen molar-refractivity contribution in [1.29, 1.82) is 0 Å². The van der Waals surface area contributed by atoms with Gasteiger partial charge in [0.15, 0.2) is 0 Å². The average molecular weight is 302 g/mol. The van der Waals surface area contributed by atoms with Gasteiger partial charge in [0.25, 0.3) is 9.05 Å². The van der Waals surface area contributed by atoms with Crippen LogP contribution in [0.15, 0.2) is 23.1 Å². The Hall–Kier alpha value is -1.07. The first-order chi connectivity index (χ1) is 8.79. The zero-order valence-corrected chi connectivity index (χ0v) is 12.5. The second-order valence-electron chi connectivity index (χ2n) is 5.12. The van der Waals surface area contributed by atoms with Crippen LogP contribution in [-0.4, -0.2) is 20.9 Å². The van der Waals surface area contributed by atoms with Gasteiger partial charge in [-0.15, -0.1) is 0 Å². The number of hydrogen-bond acceptors (Lipinski definition) is 3. The third-order valence-electron chi connectivity index (χ3n) is 3.11. The number of anilines is 1. The molecule has 0 radical (unpaired) electrons. The highest BCUT2D eigenvalue weighted by Gasteiger charge is 2.26. The summed E-state index contributed by atoms with van der Waals surface area (Å²) in [4.78, 5) is 13.9. The molecule has 2 rings (SSSR count). The van der Waals surface area contributed by atoms with Gasteiger partial charge in [0.05, 0.1) is 4.90 Å². The normalized spacial score (nSPS) is 14.8. The lowest BCUT2D eigenvalue weighted by Crippen LogP contribution is -2.29. The van der Waals surface area contributed by atoms with Gasteiger partial charge < -0.3 is 4.90 Å². The van der Waals surface area contributed by atoms with Crippen LogP contribution < -0.4 is 4.90 Å². The molecule has 0 bridgehead atoms. The Bertz CT molecular complexity index is 610. The number of carbonyl (C=O) groups excluding carboxylic acids is 1. The second-order valence-corrected chi connectivity index (χ2v) is 7.69. The summed E-state index contributed by atoms with van der Waals surface area (Å²) in [5.74, 6) is 0.384. The van der Waals surface area contributed by atoms with Gasteiger partial charge in [0.2, 0.25) is 5.91 Å². The molecule has 0 fully saturated rings. The van der Waals surface area contributed by atoms with E-state index in [0.717, 1.165) is 11.3 Å². The summed E-state index contributed by atoms with van der Waals surface area (Å²) in [5.41, 5.74) is 1.66. The Labute approximate surface area is 117 Å². The Morgan fingerprint density at radius 1 is 1.42 bits per heavy atom. The van der Waals surface area contributed by atoms with Crippen LogP contribution in [-0.2, 0) is 20.3 Å². The van der Waals surface area contributed by atoms with Crippen molar-refractivity contribution in [3.63, 3.8) is 0 Å². The lowest BCUT2D eigenvalue weighted by molar-refractivity contribution is -0.119. The fourth-order valence-electron chi connectivity index (χ4n) is 2.25. The summed E-state index contributed by atoms with van der Waals surface area (Å²) < 4.78 is 22.6.